The summed E-state index contributed by atoms with van der Waals surface area (Å²) in [5, 5.41) is -2.77. The second-order valence-corrected chi connectivity index (χ2v) is 7.87. The van der Waals surface area contributed by atoms with Crippen LogP contribution in [0.3, 0.4) is 0 Å². The fraction of sp³-hybridized carbons (Fsp3) is 0.846. The summed E-state index contributed by atoms with van der Waals surface area (Å²) in [6.45, 7) is 6.47. The molecule has 4 unspecified atom stereocenters. The SMILES string of the molecule is C=CC(F)(C(C)(C)C1CC2CCC1C2)S(=O)(=O)O. The van der Waals surface area contributed by atoms with E-state index in [0.29, 0.717) is 11.8 Å². The van der Waals surface area contributed by atoms with E-state index >= 15 is 0 Å². The maximum Gasteiger partial charge on any atom is 0.304 e. The Kier molecular flexibility index (Phi) is 3.14. The molecule has 2 aliphatic rings. The number of rotatable bonds is 4. The number of halogens is 1. The Morgan fingerprint density at radius 3 is 2.28 bits per heavy atom. The molecule has 2 rings (SSSR count). The van der Waals surface area contributed by atoms with Crippen molar-refractivity contribution in [2.24, 2.45) is 23.2 Å². The molecule has 0 heterocycles. The van der Waals surface area contributed by atoms with Crippen molar-refractivity contribution >= 4 is 10.1 Å². The largest absolute Gasteiger partial charge is 0.304 e. The van der Waals surface area contributed by atoms with E-state index in [2.05, 4.69) is 6.58 Å². The van der Waals surface area contributed by atoms with Crippen molar-refractivity contribution in [2.45, 2.75) is 44.5 Å². The van der Waals surface area contributed by atoms with E-state index in [-0.39, 0.29) is 5.92 Å². The predicted molar refractivity (Wildman–Crippen MR) is 68.3 cm³/mol. The smallest absolute Gasteiger partial charge is 0.283 e. The van der Waals surface area contributed by atoms with E-state index in [1.165, 1.54) is 0 Å². The number of hydrogen-bond donors (Lipinski definition) is 1. The monoisotopic (exact) mass is 276 g/mol. The standard InChI is InChI=1S/C13H21FO3S/c1-4-13(14,18(15,16)17)12(2,3)11-8-9-5-6-10(11)7-9/h4,9-11H,1,5-8H2,2-3H3,(H,15,16,17). The highest BCUT2D eigenvalue weighted by atomic mass is 32.2. The molecule has 2 fully saturated rings. The van der Waals surface area contributed by atoms with Crippen LogP contribution in [-0.2, 0) is 10.1 Å². The highest BCUT2D eigenvalue weighted by Crippen LogP contribution is 2.59. The molecule has 0 aromatic carbocycles. The van der Waals surface area contributed by atoms with Crippen molar-refractivity contribution in [3.05, 3.63) is 12.7 Å². The Morgan fingerprint density at radius 1 is 1.33 bits per heavy atom. The Bertz CT molecular complexity index is 457. The van der Waals surface area contributed by atoms with Crippen molar-refractivity contribution in [2.75, 3.05) is 0 Å². The maximum absolute atomic E-state index is 14.8. The van der Waals surface area contributed by atoms with Gasteiger partial charge in [-0.05, 0) is 43.1 Å². The first-order valence-corrected chi connectivity index (χ1v) is 7.87. The van der Waals surface area contributed by atoms with Crippen LogP contribution in [-0.4, -0.2) is 18.0 Å². The molecule has 2 saturated carbocycles. The third-order valence-corrected chi connectivity index (χ3v) is 6.63. The molecule has 5 heteroatoms. The summed E-state index contributed by atoms with van der Waals surface area (Å²) < 4.78 is 46.9. The minimum absolute atomic E-state index is 0.0128. The average molecular weight is 276 g/mol. The molecule has 2 bridgehead atoms. The molecule has 0 aromatic heterocycles. The highest BCUT2D eigenvalue weighted by molar-refractivity contribution is 7.87. The van der Waals surface area contributed by atoms with Crippen LogP contribution in [0.2, 0.25) is 0 Å². The van der Waals surface area contributed by atoms with Gasteiger partial charge in [-0.15, -0.1) is 0 Å². The quantitative estimate of drug-likeness (QED) is 0.633. The van der Waals surface area contributed by atoms with Gasteiger partial charge in [0.2, 0.25) is 0 Å². The summed E-state index contributed by atoms with van der Waals surface area (Å²) in [7, 11) is -4.81. The third kappa shape index (κ3) is 1.74. The third-order valence-electron chi connectivity index (χ3n) is 5.18. The van der Waals surface area contributed by atoms with Crippen molar-refractivity contribution in [3.63, 3.8) is 0 Å². The molecule has 18 heavy (non-hydrogen) atoms. The van der Waals surface area contributed by atoms with Crippen LogP contribution in [0.5, 0.6) is 0 Å². The summed E-state index contributed by atoms with van der Waals surface area (Å²) in [6.07, 6.45) is 4.86. The number of hydrogen-bond acceptors (Lipinski definition) is 2. The Balaban J connectivity index is 2.38. The first kappa shape index (κ1) is 14.0. The normalized spacial score (nSPS) is 35.4. The predicted octanol–water partition coefficient (Wildman–Crippen LogP) is 3.19. The number of alkyl halides is 1. The van der Waals surface area contributed by atoms with Crippen molar-refractivity contribution < 1.29 is 17.4 Å². The van der Waals surface area contributed by atoms with Gasteiger partial charge in [0.15, 0.2) is 0 Å². The topological polar surface area (TPSA) is 54.4 Å². The van der Waals surface area contributed by atoms with Crippen LogP contribution in [0, 0.1) is 23.2 Å². The lowest BCUT2D eigenvalue weighted by Gasteiger charge is -2.43. The van der Waals surface area contributed by atoms with E-state index in [1.54, 1.807) is 13.8 Å². The van der Waals surface area contributed by atoms with Gasteiger partial charge in [0.05, 0.1) is 0 Å². The second kappa shape index (κ2) is 4.04. The van der Waals surface area contributed by atoms with Crippen LogP contribution in [0.25, 0.3) is 0 Å². The van der Waals surface area contributed by atoms with Crippen molar-refractivity contribution in [3.8, 4) is 0 Å². The van der Waals surface area contributed by atoms with Gasteiger partial charge in [0.1, 0.15) is 0 Å². The van der Waals surface area contributed by atoms with E-state index in [1.807, 2.05) is 0 Å². The molecule has 0 aromatic rings. The molecule has 0 aliphatic heterocycles. The lowest BCUT2D eigenvalue weighted by molar-refractivity contribution is 0.0357. The Hall–Kier alpha value is -0.420. The summed E-state index contributed by atoms with van der Waals surface area (Å²) >= 11 is 0. The number of fused-ring (bicyclic) bond motifs is 2. The van der Waals surface area contributed by atoms with Crippen LogP contribution >= 0.6 is 0 Å². The molecular formula is C13H21FO3S. The lowest BCUT2D eigenvalue weighted by atomic mass is 9.67. The molecule has 0 spiro atoms. The van der Waals surface area contributed by atoms with Gasteiger partial charge in [-0.2, -0.15) is 8.42 Å². The zero-order chi connectivity index (χ0) is 13.8. The van der Waals surface area contributed by atoms with Gasteiger partial charge < -0.3 is 0 Å². The summed E-state index contributed by atoms with van der Waals surface area (Å²) in [4.78, 5) is 0. The van der Waals surface area contributed by atoms with E-state index in [0.717, 1.165) is 31.8 Å². The van der Waals surface area contributed by atoms with E-state index < -0.39 is 20.5 Å². The summed E-state index contributed by atoms with van der Waals surface area (Å²) in [5.74, 6) is 0.956. The van der Waals surface area contributed by atoms with Crippen LogP contribution in [0.1, 0.15) is 39.5 Å². The van der Waals surface area contributed by atoms with Crippen LogP contribution < -0.4 is 0 Å². The Labute approximate surface area is 108 Å². The molecule has 3 nitrogen and oxygen atoms in total. The van der Waals surface area contributed by atoms with Gasteiger partial charge >= 0.3 is 10.1 Å². The lowest BCUT2D eigenvalue weighted by Crippen LogP contribution is -2.50. The van der Waals surface area contributed by atoms with Crippen molar-refractivity contribution in [1.29, 1.82) is 0 Å². The molecule has 104 valence electrons. The van der Waals surface area contributed by atoms with Crippen molar-refractivity contribution in [1.82, 2.24) is 0 Å². The van der Waals surface area contributed by atoms with Gasteiger partial charge in [0.25, 0.3) is 5.00 Å². The van der Waals surface area contributed by atoms with Gasteiger partial charge in [-0.3, -0.25) is 4.55 Å². The fourth-order valence-electron chi connectivity index (χ4n) is 4.08. The minimum atomic E-state index is -4.81. The molecule has 2 aliphatic carbocycles. The zero-order valence-electron chi connectivity index (χ0n) is 10.9. The zero-order valence-corrected chi connectivity index (χ0v) is 11.7. The minimum Gasteiger partial charge on any atom is -0.283 e. The molecule has 4 atom stereocenters. The Morgan fingerprint density at radius 2 is 1.94 bits per heavy atom. The average Bonchev–Trinajstić information content (AvgIpc) is 2.87. The van der Waals surface area contributed by atoms with E-state index in [9.17, 15) is 17.4 Å². The van der Waals surface area contributed by atoms with Gasteiger partial charge in [-0.1, -0.05) is 26.8 Å². The summed E-state index contributed by atoms with van der Waals surface area (Å²) in [5.41, 5.74) is -1.15. The van der Waals surface area contributed by atoms with E-state index in [4.69, 9.17) is 0 Å². The van der Waals surface area contributed by atoms with Gasteiger partial charge in [0, 0.05) is 5.41 Å². The molecule has 0 radical (unpaired) electrons. The van der Waals surface area contributed by atoms with Crippen LogP contribution in [0.15, 0.2) is 12.7 Å². The molecular weight excluding hydrogens is 255 g/mol. The maximum atomic E-state index is 14.8. The second-order valence-electron chi connectivity index (χ2n) is 6.33. The first-order valence-electron chi connectivity index (χ1n) is 6.43. The highest BCUT2D eigenvalue weighted by Gasteiger charge is 2.60. The summed E-state index contributed by atoms with van der Waals surface area (Å²) in [6, 6.07) is 0. The fourth-order valence-corrected chi connectivity index (χ4v) is 5.11. The van der Waals surface area contributed by atoms with Gasteiger partial charge in [-0.25, -0.2) is 4.39 Å². The molecule has 1 N–H and O–H groups in total. The first-order chi connectivity index (χ1) is 8.13. The van der Waals surface area contributed by atoms with Crippen LogP contribution in [0.4, 0.5) is 4.39 Å². The molecule has 0 amide bonds. The molecule has 0 saturated heterocycles.